The molecule has 2 rings (SSSR count). The number of rotatable bonds is 8. The molecule has 1 aliphatic rings. The summed E-state index contributed by atoms with van der Waals surface area (Å²) in [5.74, 6) is 0.328. The molecule has 1 aromatic carbocycles. The average Bonchev–Trinajstić information content (AvgIpc) is 2.53. The van der Waals surface area contributed by atoms with Gasteiger partial charge in [0.05, 0.1) is 11.6 Å². The zero-order chi connectivity index (χ0) is 16.7. The normalized spacial score (nSPS) is 16.1. The van der Waals surface area contributed by atoms with Gasteiger partial charge in [0.2, 0.25) is 0 Å². The standard InChI is InChI=1S/C17H25ClN2O2S.ClH/c1-19(13-17(21)22)14-7-10-20(11-8-14)9-4-12-23-16-6-3-2-5-15(16)18;/h2-3,5-6,14H,4,7-13H2,1H3,(H,21,22);1H. The van der Waals surface area contributed by atoms with Crippen LogP contribution in [0.25, 0.3) is 0 Å². The Morgan fingerprint density at radius 3 is 2.67 bits per heavy atom. The maximum absolute atomic E-state index is 10.8. The van der Waals surface area contributed by atoms with Gasteiger partial charge in [-0.25, -0.2) is 0 Å². The van der Waals surface area contributed by atoms with Crippen molar-refractivity contribution < 1.29 is 9.90 Å². The topological polar surface area (TPSA) is 43.8 Å². The molecule has 7 heteroatoms. The van der Waals surface area contributed by atoms with Crippen molar-refractivity contribution in [3.63, 3.8) is 0 Å². The van der Waals surface area contributed by atoms with Crippen LogP contribution in [-0.4, -0.2) is 65.9 Å². The lowest BCUT2D eigenvalue weighted by Crippen LogP contribution is -2.45. The first-order valence-corrected chi connectivity index (χ1v) is 9.44. The van der Waals surface area contributed by atoms with Crippen molar-refractivity contribution in [2.75, 3.05) is 39.0 Å². The third-order valence-corrected chi connectivity index (χ3v) is 5.88. The molecule has 0 bridgehead atoms. The quantitative estimate of drug-likeness (QED) is 0.539. The second kappa shape index (κ2) is 11.2. The number of halogens is 2. The van der Waals surface area contributed by atoms with Gasteiger partial charge in [-0.1, -0.05) is 23.7 Å². The number of carboxylic acids is 1. The Kier molecular flexibility index (Phi) is 10.1. The van der Waals surface area contributed by atoms with E-state index in [1.54, 1.807) is 0 Å². The predicted octanol–water partition coefficient (Wildman–Crippen LogP) is 3.72. The fraction of sp³-hybridized carbons (Fsp3) is 0.588. The molecule has 1 aliphatic heterocycles. The number of piperidine rings is 1. The van der Waals surface area contributed by atoms with Crippen LogP contribution in [0.1, 0.15) is 19.3 Å². The van der Waals surface area contributed by atoms with E-state index >= 15 is 0 Å². The summed E-state index contributed by atoms with van der Waals surface area (Å²) in [6, 6.07) is 8.38. The Labute approximate surface area is 159 Å². The molecule has 1 aromatic rings. The maximum atomic E-state index is 10.8. The summed E-state index contributed by atoms with van der Waals surface area (Å²) >= 11 is 7.97. The molecule has 0 aromatic heterocycles. The molecule has 1 N–H and O–H groups in total. The molecule has 0 amide bonds. The largest absolute Gasteiger partial charge is 0.480 e. The highest BCUT2D eigenvalue weighted by Gasteiger charge is 2.23. The minimum atomic E-state index is -0.744. The van der Waals surface area contributed by atoms with Crippen LogP contribution in [0.2, 0.25) is 5.02 Å². The van der Waals surface area contributed by atoms with Crippen LogP contribution in [0.3, 0.4) is 0 Å². The highest BCUT2D eigenvalue weighted by molar-refractivity contribution is 7.99. The molecule has 1 heterocycles. The van der Waals surface area contributed by atoms with Crippen LogP contribution >= 0.6 is 35.8 Å². The van der Waals surface area contributed by atoms with Gasteiger partial charge < -0.3 is 10.0 Å². The van der Waals surface area contributed by atoms with Crippen molar-refractivity contribution in [2.24, 2.45) is 0 Å². The van der Waals surface area contributed by atoms with Crippen molar-refractivity contribution >= 4 is 41.7 Å². The Morgan fingerprint density at radius 1 is 1.38 bits per heavy atom. The molecular weight excluding hydrogens is 367 g/mol. The minimum absolute atomic E-state index is 0. The van der Waals surface area contributed by atoms with Gasteiger partial charge >= 0.3 is 5.97 Å². The number of aliphatic carboxylic acids is 1. The van der Waals surface area contributed by atoms with E-state index in [2.05, 4.69) is 11.0 Å². The van der Waals surface area contributed by atoms with E-state index in [4.69, 9.17) is 16.7 Å². The summed E-state index contributed by atoms with van der Waals surface area (Å²) < 4.78 is 0. The Hall–Kier alpha value is -0.460. The van der Waals surface area contributed by atoms with E-state index in [9.17, 15) is 4.79 Å². The number of hydrogen-bond donors (Lipinski definition) is 1. The highest BCUT2D eigenvalue weighted by atomic mass is 35.5. The molecule has 1 fully saturated rings. The van der Waals surface area contributed by atoms with Crippen LogP contribution in [0, 0.1) is 0 Å². The summed E-state index contributed by atoms with van der Waals surface area (Å²) in [5.41, 5.74) is 0. The van der Waals surface area contributed by atoms with Crippen molar-refractivity contribution in [1.82, 2.24) is 9.80 Å². The third-order valence-electron chi connectivity index (χ3n) is 4.28. The second-order valence-electron chi connectivity index (χ2n) is 6.01. The number of thioether (sulfide) groups is 1. The molecule has 1 saturated heterocycles. The van der Waals surface area contributed by atoms with Crippen LogP contribution in [0.15, 0.2) is 29.2 Å². The molecule has 24 heavy (non-hydrogen) atoms. The van der Waals surface area contributed by atoms with Crippen LogP contribution in [0.5, 0.6) is 0 Å². The van der Waals surface area contributed by atoms with Gasteiger partial charge in [0.15, 0.2) is 0 Å². The maximum Gasteiger partial charge on any atom is 0.317 e. The summed E-state index contributed by atoms with van der Waals surface area (Å²) in [5, 5.41) is 9.69. The zero-order valence-electron chi connectivity index (χ0n) is 14.0. The van der Waals surface area contributed by atoms with Gasteiger partial charge in [-0.3, -0.25) is 9.69 Å². The predicted molar refractivity (Wildman–Crippen MR) is 104 cm³/mol. The summed E-state index contributed by atoms with van der Waals surface area (Å²) in [4.78, 5) is 16.4. The van der Waals surface area contributed by atoms with Gasteiger partial charge in [0, 0.05) is 10.9 Å². The number of nitrogens with zero attached hydrogens (tertiary/aromatic N) is 2. The third kappa shape index (κ3) is 7.19. The SMILES string of the molecule is CN(CC(=O)O)C1CCN(CCCSc2ccccc2Cl)CC1.Cl. The van der Waals surface area contributed by atoms with Crippen molar-refractivity contribution in [1.29, 1.82) is 0 Å². The number of likely N-dealkylation sites (tertiary alicyclic amines) is 1. The van der Waals surface area contributed by atoms with E-state index < -0.39 is 5.97 Å². The molecule has 0 spiro atoms. The van der Waals surface area contributed by atoms with Gasteiger partial charge in [0.1, 0.15) is 0 Å². The monoisotopic (exact) mass is 392 g/mol. The molecule has 0 aliphatic carbocycles. The number of carbonyl (C=O) groups is 1. The molecule has 0 unspecified atom stereocenters. The highest BCUT2D eigenvalue weighted by Crippen LogP contribution is 2.27. The number of hydrogen-bond acceptors (Lipinski definition) is 4. The molecule has 136 valence electrons. The Morgan fingerprint density at radius 2 is 2.04 bits per heavy atom. The second-order valence-corrected chi connectivity index (χ2v) is 7.56. The van der Waals surface area contributed by atoms with E-state index in [1.165, 1.54) is 0 Å². The van der Waals surface area contributed by atoms with E-state index in [0.29, 0.717) is 6.04 Å². The number of benzene rings is 1. The number of carboxylic acid groups (broad SMARTS) is 1. The summed E-state index contributed by atoms with van der Waals surface area (Å²) in [6.07, 6.45) is 3.26. The van der Waals surface area contributed by atoms with E-state index in [-0.39, 0.29) is 19.0 Å². The lowest BCUT2D eigenvalue weighted by atomic mass is 10.0. The lowest BCUT2D eigenvalue weighted by molar-refractivity contribution is -0.138. The number of likely N-dealkylation sites (N-methyl/N-ethyl adjacent to an activating group) is 1. The first-order chi connectivity index (χ1) is 11.1. The van der Waals surface area contributed by atoms with Crippen molar-refractivity contribution in [3.05, 3.63) is 29.3 Å². The van der Waals surface area contributed by atoms with Crippen LogP contribution in [-0.2, 0) is 4.79 Å². The lowest BCUT2D eigenvalue weighted by Gasteiger charge is -2.36. The molecule has 0 radical (unpaired) electrons. The smallest absolute Gasteiger partial charge is 0.317 e. The first kappa shape index (κ1) is 21.6. The molecule has 0 atom stereocenters. The van der Waals surface area contributed by atoms with Gasteiger partial charge in [-0.2, -0.15) is 0 Å². The average molecular weight is 393 g/mol. The van der Waals surface area contributed by atoms with Crippen molar-refractivity contribution in [3.8, 4) is 0 Å². The van der Waals surface area contributed by atoms with Crippen molar-refractivity contribution in [2.45, 2.75) is 30.2 Å². The molecule has 4 nitrogen and oxygen atoms in total. The van der Waals surface area contributed by atoms with Crippen LogP contribution in [0.4, 0.5) is 0 Å². The fourth-order valence-electron chi connectivity index (χ4n) is 2.96. The Balaban J connectivity index is 0.00000288. The first-order valence-electron chi connectivity index (χ1n) is 8.08. The molecule has 0 saturated carbocycles. The van der Waals surface area contributed by atoms with E-state index in [0.717, 1.165) is 54.6 Å². The summed E-state index contributed by atoms with van der Waals surface area (Å²) in [6.45, 7) is 3.36. The van der Waals surface area contributed by atoms with Gasteiger partial charge in [-0.15, -0.1) is 24.2 Å². The van der Waals surface area contributed by atoms with Crippen LogP contribution < -0.4 is 0 Å². The molecular formula is C17H26Cl2N2O2S. The fourth-order valence-corrected chi connectivity index (χ4v) is 4.13. The van der Waals surface area contributed by atoms with Gasteiger partial charge in [0.25, 0.3) is 0 Å². The zero-order valence-corrected chi connectivity index (χ0v) is 16.4. The van der Waals surface area contributed by atoms with E-state index in [1.807, 2.05) is 41.9 Å². The Bertz CT molecular complexity index is 511. The summed E-state index contributed by atoms with van der Waals surface area (Å²) in [7, 11) is 1.91. The van der Waals surface area contributed by atoms with Gasteiger partial charge in [-0.05, 0) is 63.8 Å². The minimum Gasteiger partial charge on any atom is -0.480 e.